The zero-order valence-corrected chi connectivity index (χ0v) is 23.5. The summed E-state index contributed by atoms with van der Waals surface area (Å²) < 4.78 is 21.7. The Bertz CT molecular complexity index is 369. The van der Waals surface area contributed by atoms with E-state index >= 15 is 0 Å². The summed E-state index contributed by atoms with van der Waals surface area (Å²) in [6.45, 7) is 4.99. The van der Waals surface area contributed by atoms with Gasteiger partial charge in [-0.25, -0.2) is 0 Å². The van der Waals surface area contributed by atoms with Crippen molar-refractivity contribution >= 4 is 7.82 Å². The summed E-state index contributed by atoms with van der Waals surface area (Å²) in [7, 11) is -4.10. The molecular weight excluding hydrogens is 406 g/mol. The fourth-order valence-corrected chi connectivity index (χ4v) is 4.35. The van der Waals surface area contributed by atoms with Crippen LogP contribution in [0.15, 0.2) is 0 Å². The maximum Gasteiger partial charge on any atom is 1.00 e. The van der Waals surface area contributed by atoms with Crippen LogP contribution in [0, 0.1) is 0 Å². The van der Waals surface area contributed by atoms with Crippen molar-refractivity contribution in [1.29, 1.82) is 0 Å². The summed E-state index contributed by atoms with van der Waals surface area (Å²) in [6, 6.07) is 0. The molecule has 0 heterocycles. The molecule has 0 aliphatic carbocycles. The smallest absolute Gasteiger partial charge is 0.756 e. The third-order valence-electron chi connectivity index (χ3n) is 5.49. The molecule has 0 aliphatic rings. The van der Waals surface area contributed by atoms with E-state index in [0.29, 0.717) is 0 Å². The monoisotopic (exact) mass is 456 g/mol. The van der Waals surface area contributed by atoms with Gasteiger partial charge in [-0.1, -0.05) is 129 Å². The van der Waals surface area contributed by atoms with Crippen LogP contribution in [-0.2, 0) is 13.6 Å². The summed E-state index contributed by atoms with van der Waals surface area (Å²) in [4.78, 5) is 11.7. The van der Waals surface area contributed by atoms with Crippen molar-refractivity contribution in [3.05, 3.63) is 0 Å². The Hall–Kier alpha value is 1.11. The Labute approximate surface area is 210 Å². The average molecular weight is 457 g/mol. The Morgan fingerprint density at radius 2 is 0.733 bits per heavy atom. The van der Waals surface area contributed by atoms with Gasteiger partial charge >= 0.3 is 29.6 Å². The Morgan fingerprint density at radius 1 is 0.500 bits per heavy atom. The van der Waals surface area contributed by atoms with Crippen molar-refractivity contribution in [3.63, 3.8) is 0 Å². The third-order valence-corrected chi connectivity index (χ3v) is 6.49. The van der Waals surface area contributed by atoms with Crippen LogP contribution in [0.25, 0.3) is 0 Å². The van der Waals surface area contributed by atoms with Crippen molar-refractivity contribution in [2.24, 2.45) is 0 Å². The van der Waals surface area contributed by atoms with Crippen LogP contribution in [0.3, 0.4) is 0 Å². The van der Waals surface area contributed by atoms with E-state index in [4.69, 9.17) is 9.05 Å². The van der Waals surface area contributed by atoms with Crippen molar-refractivity contribution < 1.29 is 48.1 Å². The molecule has 176 valence electrons. The van der Waals surface area contributed by atoms with Gasteiger partial charge in [-0.2, -0.15) is 0 Å². The van der Waals surface area contributed by atoms with Crippen LogP contribution in [0.4, 0.5) is 0 Å². The maximum atomic E-state index is 11.7. The predicted octanol–water partition coefficient (Wildman–Crippen LogP) is 5.33. The van der Waals surface area contributed by atoms with Gasteiger partial charge < -0.3 is 13.9 Å². The van der Waals surface area contributed by atoms with Crippen molar-refractivity contribution in [1.82, 2.24) is 0 Å². The van der Waals surface area contributed by atoms with Crippen LogP contribution >= 0.6 is 7.82 Å². The second-order valence-electron chi connectivity index (χ2n) is 8.48. The quantitative estimate of drug-likeness (QED) is 0.112. The number of hydrogen-bond donors (Lipinski definition) is 0. The molecule has 0 saturated heterocycles. The van der Waals surface area contributed by atoms with E-state index in [1.165, 1.54) is 96.3 Å². The van der Waals surface area contributed by atoms with E-state index in [0.717, 1.165) is 32.1 Å². The number of phosphoric ester groups is 1. The molecular formula is C24H50NaO4P. The Kier molecular flexibility index (Phi) is 29.2. The summed E-state index contributed by atoms with van der Waals surface area (Å²) in [5.74, 6) is 0. The molecule has 0 N–H and O–H groups in total. The van der Waals surface area contributed by atoms with E-state index in [9.17, 15) is 9.46 Å². The van der Waals surface area contributed by atoms with Gasteiger partial charge in [0.1, 0.15) is 0 Å². The molecule has 1 atom stereocenters. The molecule has 0 radical (unpaired) electrons. The molecule has 6 heteroatoms. The molecule has 4 nitrogen and oxygen atoms in total. The first kappa shape index (κ1) is 33.3. The molecule has 0 spiro atoms. The summed E-state index contributed by atoms with van der Waals surface area (Å²) in [5, 5.41) is 0. The SMILES string of the molecule is CCCCCCCCCCCCCCOP(=O)([O-])OCCCCCCCCCC.[Na+]. The molecule has 0 aromatic rings. The van der Waals surface area contributed by atoms with Gasteiger partial charge in [0.15, 0.2) is 0 Å². The number of hydrogen-bond acceptors (Lipinski definition) is 4. The van der Waals surface area contributed by atoms with Gasteiger partial charge in [-0.05, 0) is 12.8 Å². The second-order valence-corrected chi connectivity index (χ2v) is 9.89. The van der Waals surface area contributed by atoms with Gasteiger partial charge in [-0.3, -0.25) is 4.57 Å². The van der Waals surface area contributed by atoms with Gasteiger partial charge in [0.05, 0.1) is 13.2 Å². The Balaban J connectivity index is 0. The van der Waals surface area contributed by atoms with Gasteiger partial charge in [0.25, 0.3) is 7.82 Å². The summed E-state index contributed by atoms with van der Waals surface area (Å²) in [5.41, 5.74) is 0. The Morgan fingerprint density at radius 3 is 1.00 bits per heavy atom. The third kappa shape index (κ3) is 27.1. The molecule has 0 amide bonds. The molecule has 30 heavy (non-hydrogen) atoms. The van der Waals surface area contributed by atoms with E-state index < -0.39 is 7.82 Å². The molecule has 1 unspecified atom stereocenters. The van der Waals surface area contributed by atoms with E-state index in [2.05, 4.69) is 13.8 Å². The summed E-state index contributed by atoms with van der Waals surface area (Å²) >= 11 is 0. The van der Waals surface area contributed by atoms with Crippen molar-refractivity contribution in [2.45, 2.75) is 142 Å². The van der Waals surface area contributed by atoms with Crippen LogP contribution in [0.1, 0.15) is 142 Å². The minimum absolute atomic E-state index is 0. The maximum absolute atomic E-state index is 11.7. The molecule has 0 aliphatic heterocycles. The van der Waals surface area contributed by atoms with E-state index in [-0.39, 0.29) is 42.8 Å². The average Bonchev–Trinajstić information content (AvgIpc) is 2.70. The largest absolute Gasteiger partial charge is 1.00 e. The molecule has 0 saturated carbocycles. The number of phosphoric acid groups is 1. The normalized spacial score (nSPS) is 13.2. The van der Waals surface area contributed by atoms with E-state index in [1.807, 2.05) is 0 Å². The zero-order valence-electron chi connectivity index (χ0n) is 20.6. The minimum Gasteiger partial charge on any atom is -0.756 e. The standard InChI is InChI=1S/C24H51O4P.Na/c1-3-5-7-9-11-13-14-15-16-18-20-22-24-28-29(25,26)27-23-21-19-17-12-10-8-6-4-2;/h3-24H2,1-2H3,(H,25,26);/q;+1/p-1. The second kappa shape index (κ2) is 26.4. The summed E-state index contributed by atoms with van der Waals surface area (Å²) in [6.07, 6.45) is 24.5. The first-order chi connectivity index (χ1) is 14.1. The fraction of sp³-hybridized carbons (Fsp3) is 1.00. The van der Waals surface area contributed by atoms with Gasteiger partial charge in [0.2, 0.25) is 0 Å². The van der Waals surface area contributed by atoms with Gasteiger partial charge in [-0.15, -0.1) is 0 Å². The van der Waals surface area contributed by atoms with Crippen LogP contribution in [0.2, 0.25) is 0 Å². The van der Waals surface area contributed by atoms with Crippen molar-refractivity contribution in [2.75, 3.05) is 13.2 Å². The van der Waals surface area contributed by atoms with Crippen LogP contribution in [0.5, 0.6) is 0 Å². The molecule has 0 aromatic carbocycles. The zero-order chi connectivity index (χ0) is 21.5. The fourth-order valence-electron chi connectivity index (χ4n) is 3.57. The number of rotatable bonds is 24. The molecule has 0 aromatic heterocycles. The van der Waals surface area contributed by atoms with Crippen LogP contribution < -0.4 is 34.5 Å². The molecule has 0 fully saturated rings. The first-order valence-electron chi connectivity index (χ1n) is 12.7. The van der Waals surface area contributed by atoms with Crippen molar-refractivity contribution in [3.8, 4) is 0 Å². The molecule has 0 bridgehead atoms. The topological polar surface area (TPSA) is 58.6 Å². The number of unbranched alkanes of at least 4 members (excludes halogenated alkanes) is 18. The van der Waals surface area contributed by atoms with Crippen LogP contribution in [-0.4, -0.2) is 13.2 Å². The first-order valence-corrected chi connectivity index (χ1v) is 14.2. The van der Waals surface area contributed by atoms with Gasteiger partial charge in [0, 0.05) is 0 Å². The molecule has 0 rings (SSSR count). The van der Waals surface area contributed by atoms with E-state index in [1.54, 1.807) is 0 Å². The predicted molar refractivity (Wildman–Crippen MR) is 123 cm³/mol. The minimum atomic E-state index is -4.10.